The lowest BCUT2D eigenvalue weighted by Gasteiger charge is -2.25. The Morgan fingerprint density at radius 1 is 1.29 bits per heavy atom. The lowest BCUT2D eigenvalue weighted by molar-refractivity contribution is 0.00730. The maximum atomic E-state index is 11.9. The van der Waals surface area contributed by atoms with Crippen molar-refractivity contribution in [2.75, 3.05) is 13.4 Å². The van der Waals surface area contributed by atoms with Crippen LogP contribution >= 0.6 is 0 Å². The van der Waals surface area contributed by atoms with Gasteiger partial charge in [0.1, 0.15) is 6.61 Å². The molecule has 0 aromatic heterocycles. The molecule has 0 amide bonds. The van der Waals surface area contributed by atoms with E-state index in [4.69, 9.17) is 14.2 Å². The summed E-state index contributed by atoms with van der Waals surface area (Å²) in [5, 5.41) is 0. The lowest BCUT2D eigenvalue weighted by atomic mass is 9.96. The van der Waals surface area contributed by atoms with Crippen LogP contribution in [0.3, 0.4) is 0 Å². The third-order valence-corrected chi connectivity index (χ3v) is 3.20. The molecule has 2 aliphatic rings. The fraction of sp³-hybridized carbons (Fsp3) is 0.462. The fourth-order valence-corrected chi connectivity index (χ4v) is 1.88. The summed E-state index contributed by atoms with van der Waals surface area (Å²) < 4.78 is 15.9. The highest BCUT2D eigenvalue weighted by Crippen LogP contribution is 2.32. The van der Waals surface area contributed by atoms with Gasteiger partial charge < -0.3 is 14.2 Å². The van der Waals surface area contributed by atoms with Gasteiger partial charge in [0.05, 0.1) is 6.10 Å². The van der Waals surface area contributed by atoms with Gasteiger partial charge >= 0.3 is 0 Å². The van der Waals surface area contributed by atoms with E-state index in [1.54, 1.807) is 18.2 Å². The Labute approximate surface area is 99.5 Å². The minimum atomic E-state index is -0.00444. The van der Waals surface area contributed by atoms with E-state index in [2.05, 4.69) is 0 Å². The van der Waals surface area contributed by atoms with Crippen LogP contribution in [0.2, 0.25) is 0 Å². The SMILES string of the molecule is O=C(COC1CCC1)c1ccc2c(c1)OCO2. The highest BCUT2D eigenvalue weighted by atomic mass is 16.7. The van der Waals surface area contributed by atoms with Crippen LogP contribution in [0.25, 0.3) is 0 Å². The van der Waals surface area contributed by atoms with Gasteiger partial charge in [0.25, 0.3) is 0 Å². The molecule has 90 valence electrons. The molecular weight excluding hydrogens is 220 g/mol. The second kappa shape index (κ2) is 4.37. The summed E-state index contributed by atoms with van der Waals surface area (Å²) in [4.78, 5) is 11.9. The molecule has 0 unspecified atom stereocenters. The lowest BCUT2D eigenvalue weighted by Crippen LogP contribution is -2.24. The van der Waals surface area contributed by atoms with E-state index >= 15 is 0 Å². The monoisotopic (exact) mass is 234 g/mol. The van der Waals surface area contributed by atoms with Crippen molar-refractivity contribution < 1.29 is 19.0 Å². The molecule has 1 aliphatic carbocycles. The number of carbonyl (C=O) groups is 1. The highest BCUT2D eigenvalue weighted by molar-refractivity contribution is 5.97. The van der Waals surface area contributed by atoms with E-state index in [9.17, 15) is 4.79 Å². The molecule has 1 aliphatic heterocycles. The van der Waals surface area contributed by atoms with Gasteiger partial charge in [-0.1, -0.05) is 0 Å². The average Bonchev–Trinajstić information content (AvgIpc) is 2.73. The number of hydrogen-bond acceptors (Lipinski definition) is 4. The zero-order chi connectivity index (χ0) is 11.7. The van der Waals surface area contributed by atoms with Crippen LogP contribution in [0.15, 0.2) is 18.2 Å². The van der Waals surface area contributed by atoms with Gasteiger partial charge in [-0.3, -0.25) is 4.79 Å². The van der Waals surface area contributed by atoms with Crippen molar-refractivity contribution in [2.24, 2.45) is 0 Å². The quantitative estimate of drug-likeness (QED) is 0.749. The highest BCUT2D eigenvalue weighted by Gasteiger charge is 2.20. The first kappa shape index (κ1) is 10.6. The van der Waals surface area contributed by atoms with E-state index in [1.807, 2.05) is 0 Å². The first-order chi connectivity index (χ1) is 8.33. The van der Waals surface area contributed by atoms with E-state index in [1.165, 1.54) is 6.42 Å². The third-order valence-electron chi connectivity index (χ3n) is 3.20. The predicted octanol–water partition coefficient (Wildman–Crippen LogP) is 2.17. The Balaban J connectivity index is 1.64. The molecule has 0 radical (unpaired) electrons. The average molecular weight is 234 g/mol. The number of benzene rings is 1. The Kier molecular flexibility index (Phi) is 2.73. The van der Waals surface area contributed by atoms with Gasteiger partial charge in [0, 0.05) is 5.56 Å². The van der Waals surface area contributed by atoms with Crippen LogP contribution in [0.1, 0.15) is 29.6 Å². The Hall–Kier alpha value is -1.55. The molecule has 1 heterocycles. The van der Waals surface area contributed by atoms with Gasteiger partial charge in [-0.2, -0.15) is 0 Å². The van der Waals surface area contributed by atoms with Crippen molar-refractivity contribution in [3.05, 3.63) is 23.8 Å². The van der Waals surface area contributed by atoms with Gasteiger partial charge in [-0.25, -0.2) is 0 Å². The number of ether oxygens (including phenoxy) is 3. The van der Waals surface area contributed by atoms with Gasteiger partial charge in [0.15, 0.2) is 17.3 Å². The first-order valence-electron chi connectivity index (χ1n) is 5.87. The molecule has 1 fully saturated rings. The predicted molar refractivity (Wildman–Crippen MR) is 60.5 cm³/mol. The smallest absolute Gasteiger partial charge is 0.231 e. The molecular formula is C13H14O4. The molecule has 4 heteroatoms. The zero-order valence-corrected chi connectivity index (χ0v) is 9.48. The van der Waals surface area contributed by atoms with Crippen LogP contribution in [0.5, 0.6) is 11.5 Å². The van der Waals surface area contributed by atoms with Crippen molar-refractivity contribution in [3.63, 3.8) is 0 Å². The van der Waals surface area contributed by atoms with Crippen LogP contribution in [0, 0.1) is 0 Å². The number of rotatable bonds is 4. The second-order valence-electron chi connectivity index (χ2n) is 4.36. The minimum absolute atomic E-state index is 0.00444. The maximum Gasteiger partial charge on any atom is 0.231 e. The summed E-state index contributed by atoms with van der Waals surface area (Å²) in [5.41, 5.74) is 0.619. The fourth-order valence-electron chi connectivity index (χ4n) is 1.88. The molecule has 1 aromatic carbocycles. The summed E-state index contributed by atoms with van der Waals surface area (Å²) >= 11 is 0. The molecule has 0 spiro atoms. The standard InChI is InChI=1S/C13H14O4/c14-11(7-15-10-2-1-3-10)9-4-5-12-13(6-9)17-8-16-12/h4-6,10H,1-3,7-8H2. The summed E-state index contributed by atoms with van der Waals surface area (Å²) in [6.07, 6.45) is 3.65. The van der Waals surface area contributed by atoms with E-state index in [0.717, 1.165) is 12.8 Å². The molecule has 0 saturated heterocycles. The second-order valence-corrected chi connectivity index (χ2v) is 4.36. The number of hydrogen-bond donors (Lipinski definition) is 0. The molecule has 1 saturated carbocycles. The van der Waals surface area contributed by atoms with Gasteiger partial charge in [-0.15, -0.1) is 0 Å². The van der Waals surface area contributed by atoms with Crippen molar-refractivity contribution in [1.29, 1.82) is 0 Å². The van der Waals surface area contributed by atoms with Crippen LogP contribution in [0.4, 0.5) is 0 Å². The van der Waals surface area contributed by atoms with Crippen molar-refractivity contribution in [1.82, 2.24) is 0 Å². The van der Waals surface area contributed by atoms with Crippen molar-refractivity contribution in [2.45, 2.75) is 25.4 Å². The maximum absolute atomic E-state index is 11.9. The summed E-state index contributed by atoms with van der Waals surface area (Å²) in [6, 6.07) is 5.23. The van der Waals surface area contributed by atoms with Gasteiger partial charge in [-0.05, 0) is 37.5 Å². The third kappa shape index (κ3) is 2.13. The Morgan fingerprint density at radius 3 is 2.88 bits per heavy atom. The number of fused-ring (bicyclic) bond motifs is 1. The van der Waals surface area contributed by atoms with E-state index in [-0.39, 0.29) is 25.3 Å². The number of Topliss-reactive ketones (excluding diaryl/α,β-unsaturated/α-hetero) is 1. The summed E-state index contributed by atoms with van der Waals surface area (Å²) in [7, 11) is 0. The normalized spacial score (nSPS) is 17.9. The topological polar surface area (TPSA) is 44.8 Å². The van der Waals surface area contributed by atoms with Crippen molar-refractivity contribution >= 4 is 5.78 Å². The molecule has 0 bridgehead atoms. The van der Waals surface area contributed by atoms with Crippen molar-refractivity contribution in [3.8, 4) is 11.5 Å². The first-order valence-corrected chi connectivity index (χ1v) is 5.87. The van der Waals surface area contributed by atoms with E-state index in [0.29, 0.717) is 17.1 Å². The Bertz CT molecular complexity index is 437. The molecule has 0 N–H and O–H groups in total. The number of carbonyl (C=O) groups excluding carboxylic acids is 1. The van der Waals surface area contributed by atoms with Crippen LogP contribution in [-0.2, 0) is 4.74 Å². The molecule has 1 aromatic rings. The molecule has 17 heavy (non-hydrogen) atoms. The molecule has 3 rings (SSSR count). The molecule has 4 nitrogen and oxygen atoms in total. The zero-order valence-electron chi connectivity index (χ0n) is 9.48. The largest absolute Gasteiger partial charge is 0.454 e. The number of ketones is 1. The minimum Gasteiger partial charge on any atom is -0.454 e. The summed E-state index contributed by atoms with van der Waals surface area (Å²) in [5.74, 6) is 1.33. The molecule has 0 atom stereocenters. The van der Waals surface area contributed by atoms with Crippen LogP contribution < -0.4 is 9.47 Å². The van der Waals surface area contributed by atoms with E-state index < -0.39 is 0 Å². The van der Waals surface area contributed by atoms with Gasteiger partial charge in [0.2, 0.25) is 6.79 Å². The van der Waals surface area contributed by atoms with Crippen LogP contribution in [-0.4, -0.2) is 25.3 Å². The summed E-state index contributed by atoms with van der Waals surface area (Å²) in [6.45, 7) is 0.385. The Morgan fingerprint density at radius 2 is 2.12 bits per heavy atom.